The van der Waals surface area contributed by atoms with Crippen LogP contribution in [0.2, 0.25) is 0 Å². The molecule has 80 valence electrons. The van der Waals surface area contributed by atoms with Gasteiger partial charge in [0.05, 0.1) is 13.2 Å². The van der Waals surface area contributed by atoms with Gasteiger partial charge in [-0.05, 0) is 7.05 Å². The zero-order valence-electron chi connectivity index (χ0n) is 8.72. The molecule has 0 aromatic rings. The fourth-order valence-corrected chi connectivity index (χ4v) is 0.727. The molecule has 0 radical (unpaired) electrons. The van der Waals surface area contributed by atoms with Gasteiger partial charge in [-0.15, -0.1) is 0 Å². The van der Waals surface area contributed by atoms with Gasteiger partial charge in [-0.1, -0.05) is 13.8 Å². The van der Waals surface area contributed by atoms with Crippen molar-refractivity contribution < 1.29 is 11.0 Å². The number of rotatable bonds is 7. The minimum absolute atomic E-state index is 0. The predicted molar refractivity (Wildman–Crippen MR) is 54.7 cm³/mol. The highest BCUT2D eigenvalue weighted by Crippen LogP contribution is 1.89. The highest BCUT2D eigenvalue weighted by molar-refractivity contribution is 5.77. The highest BCUT2D eigenvalue weighted by atomic mass is 16.5. The molecule has 0 fully saturated rings. The lowest BCUT2D eigenvalue weighted by Gasteiger charge is -2.07. The van der Waals surface area contributed by atoms with Crippen molar-refractivity contribution in [3.63, 3.8) is 0 Å². The Morgan fingerprint density at radius 3 is 2.54 bits per heavy atom. The second-order valence-electron chi connectivity index (χ2n) is 3.16. The highest BCUT2D eigenvalue weighted by Gasteiger charge is 2.04. The molecule has 0 bridgehead atoms. The van der Waals surface area contributed by atoms with Crippen LogP contribution in [0, 0.1) is 5.92 Å². The fraction of sp³-hybridized carbons (Fsp3) is 0.889. The Labute approximate surface area is 81.5 Å². The summed E-state index contributed by atoms with van der Waals surface area (Å²) < 4.78 is 5.23. The molecule has 0 unspecified atom stereocenters. The van der Waals surface area contributed by atoms with E-state index < -0.39 is 0 Å². The van der Waals surface area contributed by atoms with Gasteiger partial charge in [0.2, 0.25) is 5.91 Å². The SMILES string of the molecule is CNCCOCCNC(=O)C(C)C.[HH]. The number of carbonyl (C=O) groups excluding carboxylic acids is 1. The van der Waals surface area contributed by atoms with Gasteiger partial charge in [0.15, 0.2) is 0 Å². The van der Waals surface area contributed by atoms with Crippen LogP contribution in [0.3, 0.4) is 0 Å². The van der Waals surface area contributed by atoms with E-state index in [1.807, 2.05) is 20.9 Å². The maximum absolute atomic E-state index is 11.1. The Morgan fingerprint density at radius 2 is 2.00 bits per heavy atom. The zero-order chi connectivity index (χ0) is 10.1. The van der Waals surface area contributed by atoms with E-state index >= 15 is 0 Å². The van der Waals surface area contributed by atoms with Crippen molar-refractivity contribution >= 4 is 5.91 Å². The molecular weight excluding hydrogens is 168 g/mol. The lowest BCUT2D eigenvalue weighted by Crippen LogP contribution is -2.31. The summed E-state index contributed by atoms with van der Waals surface area (Å²) in [5, 5.41) is 5.75. The molecule has 0 saturated carbocycles. The quantitative estimate of drug-likeness (QED) is 0.565. The number of nitrogens with one attached hydrogen (secondary N) is 2. The second-order valence-corrected chi connectivity index (χ2v) is 3.16. The van der Waals surface area contributed by atoms with Gasteiger partial charge >= 0.3 is 0 Å². The molecule has 0 aromatic heterocycles. The lowest BCUT2D eigenvalue weighted by atomic mass is 10.2. The van der Waals surface area contributed by atoms with Gasteiger partial charge in [0, 0.05) is 20.4 Å². The molecule has 13 heavy (non-hydrogen) atoms. The molecule has 0 saturated heterocycles. The summed E-state index contributed by atoms with van der Waals surface area (Å²) in [7, 11) is 1.88. The molecule has 0 aliphatic heterocycles. The summed E-state index contributed by atoms with van der Waals surface area (Å²) in [6.07, 6.45) is 0. The summed E-state index contributed by atoms with van der Waals surface area (Å²) >= 11 is 0. The number of hydrogen-bond donors (Lipinski definition) is 2. The maximum Gasteiger partial charge on any atom is 0.222 e. The minimum atomic E-state index is 0. The minimum Gasteiger partial charge on any atom is -0.378 e. The normalized spacial score (nSPS) is 10.5. The van der Waals surface area contributed by atoms with Crippen molar-refractivity contribution in [2.45, 2.75) is 13.8 Å². The number of amides is 1. The van der Waals surface area contributed by atoms with E-state index in [-0.39, 0.29) is 13.3 Å². The van der Waals surface area contributed by atoms with Crippen LogP contribution in [-0.2, 0) is 9.53 Å². The average molecular weight is 190 g/mol. The number of ether oxygens (including phenoxy) is 1. The summed E-state index contributed by atoms with van der Waals surface area (Å²) in [5.74, 6) is 0.134. The van der Waals surface area contributed by atoms with E-state index in [0.29, 0.717) is 19.8 Å². The molecule has 0 aromatic carbocycles. The van der Waals surface area contributed by atoms with Crippen LogP contribution in [0.1, 0.15) is 15.3 Å². The first kappa shape index (κ1) is 12.4. The van der Waals surface area contributed by atoms with Gasteiger partial charge in [0.1, 0.15) is 0 Å². The Morgan fingerprint density at radius 1 is 1.38 bits per heavy atom. The van der Waals surface area contributed by atoms with Crippen molar-refractivity contribution in [1.29, 1.82) is 0 Å². The fourth-order valence-electron chi connectivity index (χ4n) is 0.727. The summed E-state index contributed by atoms with van der Waals surface area (Å²) in [4.78, 5) is 11.1. The Kier molecular flexibility index (Phi) is 7.63. The molecule has 0 heterocycles. The topological polar surface area (TPSA) is 50.4 Å². The van der Waals surface area contributed by atoms with Crippen molar-refractivity contribution in [1.82, 2.24) is 10.6 Å². The molecule has 0 atom stereocenters. The van der Waals surface area contributed by atoms with E-state index in [1.54, 1.807) is 0 Å². The maximum atomic E-state index is 11.1. The van der Waals surface area contributed by atoms with Crippen molar-refractivity contribution in [2.75, 3.05) is 33.4 Å². The third kappa shape index (κ3) is 7.74. The van der Waals surface area contributed by atoms with Crippen LogP contribution in [0.25, 0.3) is 0 Å². The first-order chi connectivity index (χ1) is 6.18. The van der Waals surface area contributed by atoms with Crippen LogP contribution in [0.15, 0.2) is 0 Å². The molecule has 2 N–H and O–H groups in total. The zero-order valence-corrected chi connectivity index (χ0v) is 8.72. The summed E-state index contributed by atoms with van der Waals surface area (Å²) in [5.41, 5.74) is 0. The molecule has 0 rings (SSSR count). The van der Waals surface area contributed by atoms with Crippen LogP contribution in [-0.4, -0.2) is 39.3 Å². The van der Waals surface area contributed by atoms with Crippen molar-refractivity contribution in [3.8, 4) is 0 Å². The Bertz CT molecular complexity index is 143. The van der Waals surface area contributed by atoms with Crippen molar-refractivity contribution in [2.24, 2.45) is 5.92 Å². The molecule has 0 spiro atoms. The van der Waals surface area contributed by atoms with E-state index in [2.05, 4.69) is 10.6 Å². The first-order valence-corrected chi connectivity index (χ1v) is 4.68. The van der Waals surface area contributed by atoms with E-state index in [0.717, 1.165) is 6.54 Å². The molecular formula is C9H22N2O2. The predicted octanol–water partition coefficient (Wildman–Crippen LogP) is 0.241. The van der Waals surface area contributed by atoms with Crippen molar-refractivity contribution in [3.05, 3.63) is 0 Å². The first-order valence-electron chi connectivity index (χ1n) is 4.68. The third-order valence-electron chi connectivity index (χ3n) is 1.57. The van der Waals surface area contributed by atoms with Crippen LogP contribution in [0.5, 0.6) is 0 Å². The molecule has 0 aliphatic rings. The van der Waals surface area contributed by atoms with E-state index in [1.165, 1.54) is 0 Å². The van der Waals surface area contributed by atoms with Crippen LogP contribution >= 0.6 is 0 Å². The van der Waals surface area contributed by atoms with Gasteiger partial charge in [-0.25, -0.2) is 0 Å². The number of likely N-dealkylation sites (N-methyl/N-ethyl adjacent to an activating group) is 1. The smallest absolute Gasteiger partial charge is 0.222 e. The molecule has 4 nitrogen and oxygen atoms in total. The second kappa shape index (κ2) is 8.01. The third-order valence-corrected chi connectivity index (χ3v) is 1.57. The van der Waals surface area contributed by atoms with E-state index in [9.17, 15) is 4.79 Å². The lowest BCUT2D eigenvalue weighted by molar-refractivity contribution is -0.124. The van der Waals surface area contributed by atoms with Crippen LogP contribution < -0.4 is 10.6 Å². The van der Waals surface area contributed by atoms with Gasteiger partial charge < -0.3 is 15.4 Å². The standard InChI is InChI=1S/C9H20N2O2.H2/c1-8(2)9(12)11-5-7-13-6-4-10-3;/h8,10H,4-7H2,1-3H3,(H,11,12);1H. The summed E-state index contributed by atoms with van der Waals surface area (Å²) in [6.45, 7) is 6.46. The molecule has 4 heteroatoms. The van der Waals surface area contributed by atoms with Gasteiger partial charge in [0.25, 0.3) is 0 Å². The molecule has 1 amide bonds. The molecule has 0 aliphatic carbocycles. The van der Waals surface area contributed by atoms with Gasteiger partial charge in [-0.3, -0.25) is 4.79 Å². The Balaban J connectivity index is 0. The Hall–Kier alpha value is -0.610. The number of hydrogen-bond acceptors (Lipinski definition) is 3. The number of carbonyl (C=O) groups is 1. The van der Waals surface area contributed by atoms with Gasteiger partial charge in [-0.2, -0.15) is 0 Å². The van der Waals surface area contributed by atoms with E-state index in [4.69, 9.17) is 4.74 Å². The monoisotopic (exact) mass is 190 g/mol. The summed E-state index contributed by atoms with van der Waals surface area (Å²) in [6, 6.07) is 0. The largest absolute Gasteiger partial charge is 0.378 e. The average Bonchev–Trinajstić information content (AvgIpc) is 2.10. The van der Waals surface area contributed by atoms with Crippen LogP contribution in [0.4, 0.5) is 0 Å².